The van der Waals surface area contributed by atoms with Crippen molar-refractivity contribution in [2.45, 2.75) is 53.4 Å². The highest BCUT2D eigenvalue weighted by molar-refractivity contribution is 5.92. The van der Waals surface area contributed by atoms with Gasteiger partial charge in [-0.25, -0.2) is 0 Å². The molecule has 0 aromatic heterocycles. The summed E-state index contributed by atoms with van der Waals surface area (Å²) in [4.78, 5) is 12.7. The second-order valence-corrected chi connectivity index (χ2v) is 7.43. The first kappa shape index (κ1) is 10.8. The van der Waals surface area contributed by atoms with E-state index in [1.807, 2.05) is 0 Å². The first-order valence-corrected chi connectivity index (χ1v) is 6.93. The van der Waals surface area contributed by atoms with Crippen LogP contribution >= 0.6 is 0 Å². The second kappa shape index (κ2) is 2.91. The Morgan fingerprint density at radius 3 is 2.56 bits per heavy atom. The minimum Gasteiger partial charge on any atom is -0.298 e. The standard InChI is InChI=1S/C15H24O/c1-9(2)10-8-15(4)12-5-6-14(3,13(15)16)7-11(10)12/h9-12H,5-8H2,1-4H3/t10-,11?,12-,14-,15+/m1/s1. The molecule has 4 fully saturated rings. The molecule has 0 aromatic rings. The SMILES string of the molecule is CC(C)[C@H]1C[C@]2(C)C(=O)[C@]3(C)CC[C@@H]2C1C3. The summed E-state index contributed by atoms with van der Waals surface area (Å²) in [6.07, 6.45) is 4.84. The van der Waals surface area contributed by atoms with Gasteiger partial charge in [-0.3, -0.25) is 4.79 Å². The van der Waals surface area contributed by atoms with Crippen LogP contribution in [0.25, 0.3) is 0 Å². The average Bonchev–Trinajstić information content (AvgIpc) is 2.47. The Morgan fingerprint density at radius 1 is 1.25 bits per heavy atom. The number of rotatable bonds is 1. The van der Waals surface area contributed by atoms with Crippen LogP contribution in [0.4, 0.5) is 0 Å². The van der Waals surface area contributed by atoms with Crippen LogP contribution in [0, 0.1) is 34.5 Å². The number of Topliss-reactive ketones (excluding diaryl/α,β-unsaturated/α-hetero) is 1. The van der Waals surface area contributed by atoms with Gasteiger partial charge in [-0.15, -0.1) is 0 Å². The molecule has 0 aromatic carbocycles. The molecular weight excluding hydrogens is 196 g/mol. The maximum atomic E-state index is 12.7. The van der Waals surface area contributed by atoms with Crippen molar-refractivity contribution in [2.75, 3.05) is 0 Å². The van der Waals surface area contributed by atoms with Gasteiger partial charge in [0.2, 0.25) is 0 Å². The van der Waals surface area contributed by atoms with E-state index < -0.39 is 0 Å². The Morgan fingerprint density at radius 2 is 1.94 bits per heavy atom. The van der Waals surface area contributed by atoms with E-state index in [0.29, 0.717) is 11.7 Å². The molecule has 1 unspecified atom stereocenters. The molecule has 4 aliphatic rings. The molecule has 1 nitrogen and oxygen atoms in total. The molecule has 1 heteroatoms. The van der Waals surface area contributed by atoms with Gasteiger partial charge in [0.05, 0.1) is 0 Å². The Hall–Kier alpha value is -0.330. The lowest BCUT2D eigenvalue weighted by Gasteiger charge is -2.53. The number of carbonyl (C=O) groups is 1. The summed E-state index contributed by atoms with van der Waals surface area (Å²) in [5, 5.41) is 0. The lowest BCUT2D eigenvalue weighted by atomic mass is 9.50. The lowest BCUT2D eigenvalue weighted by molar-refractivity contribution is -0.154. The molecule has 0 N–H and O–H groups in total. The third kappa shape index (κ3) is 1.05. The van der Waals surface area contributed by atoms with Gasteiger partial charge in [0, 0.05) is 10.8 Å². The van der Waals surface area contributed by atoms with E-state index >= 15 is 0 Å². The smallest absolute Gasteiger partial charge is 0.144 e. The summed E-state index contributed by atoms with van der Waals surface area (Å²) in [7, 11) is 0. The fraction of sp³-hybridized carbons (Fsp3) is 0.933. The fourth-order valence-electron chi connectivity index (χ4n) is 5.37. The maximum Gasteiger partial charge on any atom is 0.144 e. The molecule has 4 aliphatic carbocycles. The molecule has 4 rings (SSSR count). The van der Waals surface area contributed by atoms with Gasteiger partial charge in [-0.05, 0) is 49.4 Å². The summed E-state index contributed by atoms with van der Waals surface area (Å²) in [5.41, 5.74) is 0.0860. The van der Waals surface area contributed by atoms with Crippen LogP contribution in [-0.2, 0) is 4.79 Å². The van der Waals surface area contributed by atoms with Crippen molar-refractivity contribution < 1.29 is 4.79 Å². The van der Waals surface area contributed by atoms with Crippen molar-refractivity contribution in [1.82, 2.24) is 0 Å². The molecule has 0 spiro atoms. The molecule has 0 amide bonds. The van der Waals surface area contributed by atoms with Crippen molar-refractivity contribution in [1.29, 1.82) is 0 Å². The Balaban J connectivity index is 2.05. The number of carbonyl (C=O) groups excluding carboxylic acids is 1. The topological polar surface area (TPSA) is 17.1 Å². The van der Waals surface area contributed by atoms with Crippen molar-refractivity contribution in [2.24, 2.45) is 34.5 Å². The summed E-state index contributed by atoms with van der Waals surface area (Å²) in [6, 6.07) is 0. The zero-order chi connectivity index (χ0) is 11.7. The normalized spacial score (nSPS) is 55.1. The van der Waals surface area contributed by atoms with E-state index in [2.05, 4.69) is 27.7 Å². The average molecular weight is 220 g/mol. The molecule has 0 radical (unpaired) electrons. The molecule has 0 aliphatic heterocycles. The van der Waals surface area contributed by atoms with Crippen LogP contribution in [0.3, 0.4) is 0 Å². The first-order valence-electron chi connectivity index (χ1n) is 6.93. The highest BCUT2D eigenvalue weighted by Crippen LogP contribution is 2.68. The highest BCUT2D eigenvalue weighted by Gasteiger charge is 2.66. The zero-order valence-electron chi connectivity index (χ0n) is 11.0. The zero-order valence-corrected chi connectivity index (χ0v) is 11.0. The highest BCUT2D eigenvalue weighted by atomic mass is 16.1. The van der Waals surface area contributed by atoms with Gasteiger partial charge >= 0.3 is 0 Å². The van der Waals surface area contributed by atoms with E-state index in [4.69, 9.17) is 0 Å². The van der Waals surface area contributed by atoms with Crippen molar-refractivity contribution in [3.8, 4) is 0 Å². The predicted octanol–water partition coefficient (Wildman–Crippen LogP) is 3.67. The molecule has 90 valence electrons. The lowest BCUT2D eigenvalue weighted by Crippen LogP contribution is -2.53. The van der Waals surface area contributed by atoms with Crippen LogP contribution in [0.15, 0.2) is 0 Å². The Kier molecular flexibility index (Phi) is 1.97. The molecule has 4 saturated carbocycles. The van der Waals surface area contributed by atoms with E-state index in [9.17, 15) is 4.79 Å². The molecule has 4 bridgehead atoms. The van der Waals surface area contributed by atoms with Crippen LogP contribution in [0.5, 0.6) is 0 Å². The van der Waals surface area contributed by atoms with E-state index in [1.54, 1.807) is 0 Å². The van der Waals surface area contributed by atoms with Crippen molar-refractivity contribution >= 4 is 5.78 Å². The molecule has 0 saturated heterocycles. The van der Waals surface area contributed by atoms with Crippen LogP contribution in [-0.4, -0.2) is 5.78 Å². The third-order valence-electron chi connectivity index (χ3n) is 6.16. The van der Waals surface area contributed by atoms with Gasteiger partial charge in [0.1, 0.15) is 5.78 Å². The van der Waals surface area contributed by atoms with Crippen LogP contribution < -0.4 is 0 Å². The Labute approximate surface area is 99.0 Å². The molecule has 0 heterocycles. The summed E-state index contributed by atoms with van der Waals surface area (Å²) in [5.74, 6) is 3.73. The van der Waals surface area contributed by atoms with E-state index in [0.717, 1.165) is 24.2 Å². The molecule has 16 heavy (non-hydrogen) atoms. The number of hydrogen-bond donors (Lipinski definition) is 0. The van der Waals surface area contributed by atoms with Gasteiger partial charge in [0.25, 0.3) is 0 Å². The fourth-order valence-corrected chi connectivity index (χ4v) is 5.37. The van der Waals surface area contributed by atoms with Crippen LogP contribution in [0.2, 0.25) is 0 Å². The quantitative estimate of drug-likeness (QED) is 0.659. The summed E-state index contributed by atoms with van der Waals surface area (Å²) in [6.45, 7) is 9.19. The van der Waals surface area contributed by atoms with Crippen LogP contribution in [0.1, 0.15) is 53.4 Å². The first-order chi connectivity index (χ1) is 7.38. The van der Waals surface area contributed by atoms with Gasteiger partial charge in [-0.2, -0.15) is 0 Å². The minimum absolute atomic E-state index is 0.0395. The summed E-state index contributed by atoms with van der Waals surface area (Å²) < 4.78 is 0. The monoisotopic (exact) mass is 220 g/mol. The summed E-state index contributed by atoms with van der Waals surface area (Å²) >= 11 is 0. The molecular formula is C15H24O. The minimum atomic E-state index is 0.0395. The second-order valence-electron chi connectivity index (χ2n) is 7.43. The van der Waals surface area contributed by atoms with Gasteiger partial charge in [0.15, 0.2) is 0 Å². The predicted molar refractivity (Wildman–Crippen MR) is 65.0 cm³/mol. The van der Waals surface area contributed by atoms with Gasteiger partial charge < -0.3 is 0 Å². The third-order valence-corrected chi connectivity index (χ3v) is 6.16. The van der Waals surface area contributed by atoms with E-state index in [-0.39, 0.29) is 10.8 Å². The maximum absolute atomic E-state index is 12.7. The largest absolute Gasteiger partial charge is 0.298 e. The van der Waals surface area contributed by atoms with Crippen molar-refractivity contribution in [3.05, 3.63) is 0 Å². The number of hydrogen-bond acceptors (Lipinski definition) is 1. The number of fused-ring (bicyclic) bond motifs is 1. The van der Waals surface area contributed by atoms with E-state index in [1.165, 1.54) is 19.3 Å². The van der Waals surface area contributed by atoms with Gasteiger partial charge in [-0.1, -0.05) is 27.7 Å². The molecule has 5 atom stereocenters. The van der Waals surface area contributed by atoms with Crippen molar-refractivity contribution in [3.63, 3.8) is 0 Å². The number of ketones is 1. The Bertz CT molecular complexity index is 345.